The Hall–Kier alpha value is -0.810. The van der Waals surface area contributed by atoms with E-state index in [4.69, 9.17) is 16.4 Å². The number of β-amino-alcohol motifs (C(OH)–C–C–N with tert-alkyl or cyclic N) is 1. The molecular formula is C5H12N4O. The minimum absolute atomic E-state index is 0.0796. The van der Waals surface area contributed by atoms with Crippen molar-refractivity contribution in [3.05, 3.63) is 0 Å². The molecule has 0 atom stereocenters. The molecule has 1 aliphatic rings. The Morgan fingerprint density at radius 3 is 2.70 bits per heavy atom. The van der Waals surface area contributed by atoms with Gasteiger partial charge in [0, 0.05) is 13.1 Å². The molecule has 1 rings (SSSR count). The fourth-order valence-corrected chi connectivity index (χ4v) is 0.960. The van der Waals surface area contributed by atoms with Crippen LogP contribution in [0, 0.1) is 5.41 Å². The van der Waals surface area contributed by atoms with E-state index in [1.807, 2.05) is 0 Å². The molecule has 0 unspecified atom stereocenters. The summed E-state index contributed by atoms with van der Waals surface area (Å²) in [6.45, 7) is 2.01. The predicted molar refractivity (Wildman–Crippen MR) is 37.3 cm³/mol. The number of nitrogens with one attached hydrogen (secondary N) is 1. The maximum absolute atomic E-state index is 8.53. The molecule has 0 radical (unpaired) electrons. The van der Waals surface area contributed by atoms with Crippen LogP contribution in [0.1, 0.15) is 0 Å². The molecule has 0 amide bonds. The van der Waals surface area contributed by atoms with Crippen LogP contribution >= 0.6 is 0 Å². The van der Waals surface area contributed by atoms with Gasteiger partial charge in [-0.05, 0) is 0 Å². The lowest BCUT2D eigenvalue weighted by molar-refractivity contribution is 0.256. The second-order valence-electron chi connectivity index (χ2n) is 2.23. The zero-order valence-electron chi connectivity index (χ0n) is 5.75. The van der Waals surface area contributed by atoms with Crippen LogP contribution in [-0.4, -0.2) is 47.2 Å². The first-order valence-corrected chi connectivity index (χ1v) is 3.22. The Balaban J connectivity index is 2.41. The number of hydrogen-bond acceptors (Lipinski definition) is 3. The van der Waals surface area contributed by atoms with E-state index >= 15 is 0 Å². The first-order chi connectivity index (χ1) is 4.75. The van der Waals surface area contributed by atoms with Gasteiger partial charge in [-0.3, -0.25) is 10.4 Å². The van der Waals surface area contributed by atoms with E-state index < -0.39 is 0 Å². The predicted octanol–water partition coefficient (Wildman–Crippen LogP) is -1.60. The molecule has 4 N–H and O–H groups in total. The summed E-state index contributed by atoms with van der Waals surface area (Å²) in [5.41, 5.74) is 0. The maximum atomic E-state index is 8.53. The quantitative estimate of drug-likeness (QED) is 0.408. The van der Waals surface area contributed by atoms with Crippen molar-refractivity contribution in [3.8, 4) is 0 Å². The number of hydrazine groups is 1. The number of rotatable bonds is 2. The van der Waals surface area contributed by atoms with Gasteiger partial charge >= 0.3 is 0 Å². The van der Waals surface area contributed by atoms with Crippen molar-refractivity contribution in [2.24, 2.45) is 5.84 Å². The summed E-state index contributed by atoms with van der Waals surface area (Å²) in [7, 11) is 0. The number of guanidine groups is 1. The smallest absolute Gasteiger partial charge is 0.208 e. The molecule has 1 fully saturated rings. The molecular weight excluding hydrogens is 132 g/mol. The topological polar surface area (TPSA) is 76.6 Å². The highest BCUT2D eigenvalue weighted by Gasteiger charge is 2.20. The Bertz CT molecular complexity index is 136. The number of aliphatic hydroxyl groups excluding tert-OH is 1. The molecule has 0 bridgehead atoms. The van der Waals surface area contributed by atoms with E-state index in [0.717, 1.165) is 6.54 Å². The van der Waals surface area contributed by atoms with Crippen LogP contribution in [0.15, 0.2) is 0 Å². The molecule has 1 saturated heterocycles. The molecule has 1 heterocycles. The van der Waals surface area contributed by atoms with Crippen LogP contribution in [0.25, 0.3) is 0 Å². The highest BCUT2D eigenvalue weighted by atomic mass is 16.3. The fraction of sp³-hybridized carbons (Fsp3) is 0.800. The van der Waals surface area contributed by atoms with Gasteiger partial charge in [0.2, 0.25) is 5.96 Å². The van der Waals surface area contributed by atoms with Crippen LogP contribution in [0.5, 0.6) is 0 Å². The standard InChI is InChI=1S/C5H12N4O/c6-5-8(3-4-10)1-2-9(5)7/h6,10H,1-4,7H2. The first kappa shape index (κ1) is 7.30. The van der Waals surface area contributed by atoms with Gasteiger partial charge in [-0.15, -0.1) is 0 Å². The molecule has 0 saturated carbocycles. The Kier molecular flexibility index (Phi) is 2.08. The van der Waals surface area contributed by atoms with E-state index in [2.05, 4.69) is 0 Å². The molecule has 0 aromatic rings. The Labute approximate surface area is 59.5 Å². The van der Waals surface area contributed by atoms with Gasteiger partial charge in [-0.1, -0.05) is 0 Å². The van der Waals surface area contributed by atoms with Crippen molar-refractivity contribution in [1.29, 1.82) is 5.41 Å². The minimum Gasteiger partial charge on any atom is -0.395 e. The number of hydrogen-bond donors (Lipinski definition) is 3. The molecule has 58 valence electrons. The van der Waals surface area contributed by atoms with Crippen LogP contribution in [0.2, 0.25) is 0 Å². The van der Waals surface area contributed by atoms with Gasteiger partial charge in [-0.25, -0.2) is 5.84 Å². The lowest BCUT2D eigenvalue weighted by Crippen LogP contribution is -2.38. The monoisotopic (exact) mass is 144 g/mol. The summed E-state index contributed by atoms with van der Waals surface area (Å²) >= 11 is 0. The molecule has 10 heavy (non-hydrogen) atoms. The van der Waals surface area contributed by atoms with Gasteiger partial charge in [-0.2, -0.15) is 0 Å². The highest BCUT2D eigenvalue weighted by Crippen LogP contribution is 2.00. The van der Waals surface area contributed by atoms with Gasteiger partial charge in [0.1, 0.15) is 0 Å². The lowest BCUT2D eigenvalue weighted by atomic mass is 10.5. The second kappa shape index (κ2) is 2.85. The highest BCUT2D eigenvalue weighted by molar-refractivity contribution is 5.78. The summed E-state index contributed by atoms with van der Waals surface area (Å²) in [6.07, 6.45) is 0. The number of nitrogens with zero attached hydrogens (tertiary/aromatic N) is 2. The third-order valence-electron chi connectivity index (χ3n) is 1.55. The van der Waals surface area contributed by atoms with Crippen LogP contribution in [-0.2, 0) is 0 Å². The third-order valence-corrected chi connectivity index (χ3v) is 1.55. The minimum atomic E-state index is 0.0796. The molecule has 0 aromatic carbocycles. The van der Waals surface area contributed by atoms with E-state index in [9.17, 15) is 0 Å². The Morgan fingerprint density at radius 2 is 2.30 bits per heavy atom. The van der Waals surface area contributed by atoms with Crippen molar-refractivity contribution in [1.82, 2.24) is 9.91 Å². The van der Waals surface area contributed by atoms with Gasteiger partial charge in [0.15, 0.2) is 0 Å². The molecule has 0 spiro atoms. The number of aliphatic hydroxyl groups is 1. The molecule has 5 nitrogen and oxygen atoms in total. The second-order valence-corrected chi connectivity index (χ2v) is 2.23. The largest absolute Gasteiger partial charge is 0.395 e. The van der Waals surface area contributed by atoms with E-state index in [0.29, 0.717) is 19.0 Å². The maximum Gasteiger partial charge on any atom is 0.208 e. The summed E-state index contributed by atoms with van der Waals surface area (Å²) in [5.74, 6) is 5.68. The first-order valence-electron chi connectivity index (χ1n) is 3.22. The van der Waals surface area contributed by atoms with Crippen molar-refractivity contribution in [2.75, 3.05) is 26.2 Å². The molecule has 1 aliphatic heterocycles. The van der Waals surface area contributed by atoms with Crippen molar-refractivity contribution in [3.63, 3.8) is 0 Å². The Morgan fingerprint density at radius 1 is 1.60 bits per heavy atom. The van der Waals surface area contributed by atoms with Gasteiger partial charge in [0.05, 0.1) is 13.2 Å². The average Bonchev–Trinajstić information content (AvgIpc) is 2.20. The van der Waals surface area contributed by atoms with Crippen molar-refractivity contribution < 1.29 is 5.11 Å². The summed E-state index contributed by atoms with van der Waals surface area (Å²) in [4.78, 5) is 1.74. The van der Waals surface area contributed by atoms with E-state index in [1.54, 1.807) is 4.90 Å². The zero-order chi connectivity index (χ0) is 7.56. The van der Waals surface area contributed by atoms with Crippen LogP contribution in [0.4, 0.5) is 0 Å². The molecule has 5 heteroatoms. The third kappa shape index (κ3) is 1.19. The van der Waals surface area contributed by atoms with Crippen molar-refractivity contribution >= 4 is 5.96 Å². The summed E-state index contributed by atoms with van der Waals surface area (Å²) in [5, 5.41) is 17.2. The molecule has 0 aromatic heterocycles. The summed E-state index contributed by atoms with van der Waals surface area (Å²) in [6, 6.07) is 0. The lowest BCUT2D eigenvalue weighted by Gasteiger charge is -2.16. The fourth-order valence-electron chi connectivity index (χ4n) is 0.960. The van der Waals surface area contributed by atoms with E-state index in [1.165, 1.54) is 5.01 Å². The van der Waals surface area contributed by atoms with Gasteiger partial charge < -0.3 is 10.0 Å². The van der Waals surface area contributed by atoms with E-state index in [-0.39, 0.29) is 6.61 Å². The normalized spacial score (nSPS) is 18.8. The summed E-state index contributed by atoms with van der Waals surface area (Å²) < 4.78 is 0. The molecule has 0 aliphatic carbocycles. The average molecular weight is 144 g/mol. The zero-order valence-corrected chi connectivity index (χ0v) is 5.75. The van der Waals surface area contributed by atoms with Crippen LogP contribution < -0.4 is 5.84 Å². The SMILES string of the molecule is N=C1N(N)CCN1CCO. The van der Waals surface area contributed by atoms with Crippen LogP contribution in [0.3, 0.4) is 0 Å². The number of nitrogens with two attached hydrogens (primary N) is 1. The van der Waals surface area contributed by atoms with Crippen molar-refractivity contribution in [2.45, 2.75) is 0 Å². The van der Waals surface area contributed by atoms with Gasteiger partial charge in [0.25, 0.3) is 0 Å².